The monoisotopic (exact) mass is 491 g/mol. The lowest BCUT2D eigenvalue weighted by Gasteiger charge is -2.44. The summed E-state index contributed by atoms with van der Waals surface area (Å²) >= 11 is 1.62. The number of nitrogens with zero attached hydrogens (tertiary/aromatic N) is 5. The van der Waals surface area contributed by atoms with Crippen LogP contribution in [0.25, 0.3) is 10.6 Å². The molecule has 7 nitrogen and oxygen atoms in total. The molecule has 3 aromatic rings. The number of hydrogen-bond donors (Lipinski definition) is 0. The van der Waals surface area contributed by atoms with Crippen LogP contribution in [-0.4, -0.2) is 46.2 Å². The Bertz CT molecular complexity index is 1220. The van der Waals surface area contributed by atoms with Crippen molar-refractivity contribution in [2.45, 2.75) is 64.9 Å². The van der Waals surface area contributed by atoms with E-state index in [2.05, 4.69) is 28.2 Å². The Labute approximate surface area is 211 Å². The Morgan fingerprint density at radius 3 is 2.51 bits per heavy atom. The van der Waals surface area contributed by atoms with Gasteiger partial charge in [-0.05, 0) is 83.4 Å². The zero-order chi connectivity index (χ0) is 25.2. The first kappa shape index (κ1) is 25.0. The highest BCUT2D eigenvalue weighted by molar-refractivity contribution is 7.17. The molecule has 0 aliphatic heterocycles. The molecule has 0 N–H and O–H groups in total. The van der Waals surface area contributed by atoms with E-state index in [-0.39, 0.29) is 5.41 Å². The Hall–Kier alpha value is -3.13. The third-order valence-electron chi connectivity index (χ3n) is 6.37. The molecule has 1 amide bonds. The lowest BCUT2D eigenvalue weighted by molar-refractivity contribution is 0.0558. The highest BCUT2D eigenvalue weighted by Crippen LogP contribution is 2.45. The molecule has 8 heteroatoms. The zero-order valence-corrected chi connectivity index (χ0v) is 22.1. The maximum Gasteiger partial charge on any atom is 0.416 e. The molecule has 1 saturated carbocycles. The molecule has 0 radical (unpaired) electrons. The normalized spacial score (nSPS) is 15.4. The summed E-state index contributed by atoms with van der Waals surface area (Å²) in [6.07, 6.45) is 4.43. The van der Waals surface area contributed by atoms with E-state index in [0.717, 1.165) is 51.7 Å². The minimum absolute atomic E-state index is 0.220. The molecule has 0 bridgehead atoms. The minimum Gasteiger partial charge on any atom is -0.443 e. The van der Waals surface area contributed by atoms with Gasteiger partial charge in [-0.3, -0.25) is 14.9 Å². The van der Waals surface area contributed by atoms with Gasteiger partial charge in [0.25, 0.3) is 0 Å². The van der Waals surface area contributed by atoms with Gasteiger partial charge in [0.05, 0.1) is 10.6 Å². The minimum atomic E-state index is -0.623. The van der Waals surface area contributed by atoms with Crippen LogP contribution in [-0.2, 0) is 10.2 Å². The number of hydrogen-bond acceptors (Lipinski definition) is 7. The van der Waals surface area contributed by atoms with E-state index in [4.69, 9.17) is 9.72 Å². The van der Waals surface area contributed by atoms with E-state index in [0.29, 0.717) is 12.4 Å². The second-order valence-corrected chi connectivity index (χ2v) is 11.2. The summed E-state index contributed by atoms with van der Waals surface area (Å²) in [7, 11) is 1.79. The number of amides is 1. The van der Waals surface area contributed by atoms with Crippen LogP contribution < -0.4 is 4.90 Å². The standard InChI is InChI=1S/C27H33N5O2S/c1-18-9-7-16-29-24(18)27(14-8-15-27)17-32(25(33)34-26(3,4)5)23-13-10-20(30-31-23)22-12-11-21(35-22)19(2)28-6/h7,9-13,16H,8,14-15,17H2,1-6H3. The molecule has 35 heavy (non-hydrogen) atoms. The molecule has 3 heterocycles. The summed E-state index contributed by atoms with van der Waals surface area (Å²) in [5, 5.41) is 8.94. The first-order valence-electron chi connectivity index (χ1n) is 11.9. The number of pyridine rings is 1. The molecule has 4 rings (SSSR count). The van der Waals surface area contributed by atoms with Crippen molar-refractivity contribution >= 4 is 29.0 Å². The fourth-order valence-corrected chi connectivity index (χ4v) is 5.32. The van der Waals surface area contributed by atoms with Crippen molar-refractivity contribution in [3.8, 4) is 10.6 Å². The zero-order valence-electron chi connectivity index (χ0n) is 21.3. The number of thiophene rings is 1. The summed E-state index contributed by atoms with van der Waals surface area (Å²) in [4.78, 5) is 26.1. The van der Waals surface area contributed by atoms with Crippen molar-refractivity contribution in [3.63, 3.8) is 0 Å². The molecule has 1 aliphatic rings. The van der Waals surface area contributed by atoms with E-state index in [1.807, 2.05) is 64.2 Å². The van der Waals surface area contributed by atoms with Gasteiger partial charge in [0, 0.05) is 35.8 Å². The fraction of sp³-hybridized carbons (Fsp3) is 0.444. The highest BCUT2D eigenvalue weighted by atomic mass is 32.1. The molecule has 184 valence electrons. The van der Waals surface area contributed by atoms with Crippen molar-refractivity contribution in [1.82, 2.24) is 15.2 Å². The van der Waals surface area contributed by atoms with Crippen LogP contribution in [0.3, 0.4) is 0 Å². The summed E-state index contributed by atoms with van der Waals surface area (Å²) in [6, 6.07) is 11.9. The molecule has 0 unspecified atom stereocenters. The average molecular weight is 492 g/mol. The highest BCUT2D eigenvalue weighted by Gasteiger charge is 2.44. The number of aliphatic imine (C=N–C) groups is 1. The summed E-state index contributed by atoms with van der Waals surface area (Å²) in [5.41, 5.74) is 3.08. The summed E-state index contributed by atoms with van der Waals surface area (Å²) < 4.78 is 5.78. The quantitative estimate of drug-likeness (QED) is 0.383. The molecular formula is C27H33N5O2S. The predicted molar refractivity (Wildman–Crippen MR) is 142 cm³/mol. The molecule has 0 spiro atoms. The van der Waals surface area contributed by atoms with E-state index >= 15 is 0 Å². The summed E-state index contributed by atoms with van der Waals surface area (Å²) in [6.45, 7) is 10.1. The maximum atomic E-state index is 13.4. The van der Waals surface area contributed by atoms with Crippen molar-refractivity contribution in [3.05, 3.63) is 58.7 Å². The second kappa shape index (κ2) is 9.85. The Kier molecular flexibility index (Phi) is 7.03. The number of anilines is 1. The van der Waals surface area contributed by atoms with Gasteiger partial charge in [-0.25, -0.2) is 4.79 Å². The smallest absolute Gasteiger partial charge is 0.416 e. The maximum absolute atomic E-state index is 13.4. The number of aryl methyl sites for hydroxylation is 1. The van der Waals surface area contributed by atoms with E-state index in [9.17, 15) is 4.79 Å². The molecule has 0 atom stereocenters. The SMILES string of the molecule is CN=C(C)c1ccc(-c2ccc(N(CC3(c4ncccc4C)CCC3)C(=O)OC(C)(C)C)nn2)s1. The Balaban J connectivity index is 1.66. The van der Waals surface area contributed by atoms with Crippen molar-refractivity contribution in [2.75, 3.05) is 18.5 Å². The number of carbonyl (C=O) groups excluding carboxylic acids is 1. The van der Waals surface area contributed by atoms with Gasteiger partial charge in [-0.2, -0.15) is 0 Å². The van der Waals surface area contributed by atoms with E-state index < -0.39 is 11.7 Å². The van der Waals surface area contributed by atoms with Gasteiger partial charge in [0.15, 0.2) is 5.82 Å². The third kappa shape index (κ3) is 5.42. The van der Waals surface area contributed by atoms with Gasteiger partial charge in [-0.15, -0.1) is 21.5 Å². The first-order chi connectivity index (χ1) is 16.6. The average Bonchev–Trinajstić information content (AvgIpc) is 3.28. The number of rotatable bonds is 6. The lowest BCUT2D eigenvalue weighted by atomic mass is 9.65. The predicted octanol–water partition coefficient (Wildman–Crippen LogP) is 6.21. The lowest BCUT2D eigenvalue weighted by Crippen LogP contribution is -2.50. The van der Waals surface area contributed by atoms with Gasteiger partial charge < -0.3 is 4.74 Å². The van der Waals surface area contributed by atoms with Crippen LogP contribution in [0.4, 0.5) is 10.6 Å². The molecule has 1 fully saturated rings. The van der Waals surface area contributed by atoms with Crippen LogP contribution in [0.2, 0.25) is 0 Å². The second-order valence-electron chi connectivity index (χ2n) is 10.1. The molecule has 0 aromatic carbocycles. The molecule has 0 saturated heterocycles. The first-order valence-corrected chi connectivity index (χ1v) is 12.7. The van der Waals surface area contributed by atoms with Gasteiger partial charge in [0.1, 0.15) is 11.3 Å². The van der Waals surface area contributed by atoms with E-state index in [1.54, 1.807) is 23.3 Å². The van der Waals surface area contributed by atoms with Crippen molar-refractivity contribution in [2.24, 2.45) is 4.99 Å². The van der Waals surface area contributed by atoms with Crippen molar-refractivity contribution in [1.29, 1.82) is 0 Å². The number of ether oxygens (including phenoxy) is 1. The number of carbonyl (C=O) groups is 1. The topological polar surface area (TPSA) is 80.6 Å². The van der Waals surface area contributed by atoms with Gasteiger partial charge in [-0.1, -0.05) is 12.5 Å². The van der Waals surface area contributed by atoms with E-state index in [1.165, 1.54) is 0 Å². The van der Waals surface area contributed by atoms with Gasteiger partial charge in [0.2, 0.25) is 0 Å². The summed E-state index contributed by atoms with van der Waals surface area (Å²) in [5.74, 6) is 0.478. The Morgan fingerprint density at radius 1 is 1.17 bits per heavy atom. The Morgan fingerprint density at radius 2 is 1.94 bits per heavy atom. The van der Waals surface area contributed by atoms with Crippen LogP contribution >= 0.6 is 11.3 Å². The molecule has 1 aliphatic carbocycles. The third-order valence-corrected chi connectivity index (χ3v) is 7.59. The largest absolute Gasteiger partial charge is 0.443 e. The van der Waals surface area contributed by atoms with Crippen LogP contribution in [0.1, 0.15) is 63.1 Å². The number of aromatic nitrogens is 3. The van der Waals surface area contributed by atoms with Crippen molar-refractivity contribution < 1.29 is 9.53 Å². The molecular weight excluding hydrogens is 458 g/mol. The van der Waals surface area contributed by atoms with Crippen LogP contribution in [0.15, 0.2) is 47.6 Å². The van der Waals surface area contributed by atoms with Gasteiger partial charge >= 0.3 is 6.09 Å². The fourth-order valence-electron chi connectivity index (χ4n) is 4.35. The van der Waals surface area contributed by atoms with Crippen LogP contribution in [0, 0.1) is 6.92 Å². The van der Waals surface area contributed by atoms with Crippen LogP contribution in [0.5, 0.6) is 0 Å². The molecule has 3 aromatic heterocycles.